The molecule has 2 aromatic rings. The van der Waals surface area contributed by atoms with Gasteiger partial charge in [0, 0.05) is 6.20 Å². The molecule has 0 saturated heterocycles. The first kappa shape index (κ1) is 12.8. The Morgan fingerprint density at radius 3 is 2.78 bits per heavy atom. The van der Waals surface area contributed by atoms with E-state index in [1.807, 2.05) is 0 Å². The number of nitrogens with one attached hydrogen (secondary N) is 1. The second kappa shape index (κ2) is 5.33. The predicted octanol–water partition coefficient (Wildman–Crippen LogP) is 3.34. The molecule has 0 aliphatic heterocycles. The molecule has 0 aliphatic carbocycles. The molecule has 4 nitrogen and oxygen atoms in total. The summed E-state index contributed by atoms with van der Waals surface area (Å²) < 4.78 is 0. The number of anilines is 1. The second-order valence-electron chi connectivity index (χ2n) is 3.54. The van der Waals surface area contributed by atoms with E-state index in [-0.39, 0.29) is 11.6 Å². The van der Waals surface area contributed by atoms with Gasteiger partial charge in [-0.2, -0.15) is 0 Å². The van der Waals surface area contributed by atoms with Crippen LogP contribution in [0.25, 0.3) is 0 Å². The molecule has 1 amide bonds. The van der Waals surface area contributed by atoms with Gasteiger partial charge in [-0.1, -0.05) is 29.3 Å². The Kier molecular flexibility index (Phi) is 3.79. The topological polar surface area (TPSA) is 54.9 Å². The number of aryl methyl sites for hydroxylation is 1. The number of nitrogens with zero attached hydrogens (tertiary/aromatic N) is 2. The van der Waals surface area contributed by atoms with Crippen molar-refractivity contribution in [1.82, 2.24) is 9.97 Å². The SMILES string of the molecule is Cc1nccc(C(=O)Nc2cccc(Cl)c2Cl)n1. The minimum absolute atomic E-state index is 0.276. The van der Waals surface area contributed by atoms with E-state index in [4.69, 9.17) is 23.2 Å². The highest BCUT2D eigenvalue weighted by molar-refractivity contribution is 6.44. The zero-order valence-electron chi connectivity index (χ0n) is 9.45. The first-order chi connectivity index (χ1) is 8.58. The number of carbonyl (C=O) groups excluding carboxylic acids is 1. The lowest BCUT2D eigenvalue weighted by atomic mass is 10.3. The average Bonchev–Trinajstić information content (AvgIpc) is 2.35. The summed E-state index contributed by atoms with van der Waals surface area (Å²) in [6.45, 7) is 1.71. The molecular weight excluding hydrogens is 273 g/mol. The van der Waals surface area contributed by atoms with E-state index in [1.165, 1.54) is 12.3 Å². The third-order valence-corrected chi connectivity index (χ3v) is 3.03. The zero-order valence-corrected chi connectivity index (χ0v) is 11.0. The van der Waals surface area contributed by atoms with Crippen LogP contribution in [0.1, 0.15) is 16.3 Å². The van der Waals surface area contributed by atoms with Gasteiger partial charge in [0.1, 0.15) is 11.5 Å². The van der Waals surface area contributed by atoms with Crippen LogP contribution in [0.4, 0.5) is 5.69 Å². The van der Waals surface area contributed by atoms with Crippen molar-refractivity contribution >= 4 is 34.8 Å². The van der Waals surface area contributed by atoms with Crippen molar-refractivity contribution in [1.29, 1.82) is 0 Å². The van der Waals surface area contributed by atoms with Crippen molar-refractivity contribution in [2.75, 3.05) is 5.32 Å². The lowest BCUT2D eigenvalue weighted by Gasteiger charge is -2.07. The number of rotatable bonds is 2. The highest BCUT2D eigenvalue weighted by atomic mass is 35.5. The number of aromatic nitrogens is 2. The number of amides is 1. The Morgan fingerprint density at radius 2 is 2.06 bits per heavy atom. The zero-order chi connectivity index (χ0) is 13.1. The lowest BCUT2D eigenvalue weighted by Crippen LogP contribution is -2.14. The van der Waals surface area contributed by atoms with Crippen molar-refractivity contribution in [3.8, 4) is 0 Å². The van der Waals surface area contributed by atoms with Crippen LogP contribution in [0.15, 0.2) is 30.5 Å². The maximum absolute atomic E-state index is 11.9. The van der Waals surface area contributed by atoms with Gasteiger partial charge in [-0.05, 0) is 25.1 Å². The minimum Gasteiger partial charge on any atom is -0.319 e. The molecule has 0 fully saturated rings. The van der Waals surface area contributed by atoms with E-state index in [2.05, 4.69) is 15.3 Å². The molecule has 6 heteroatoms. The Labute approximate surface area is 114 Å². The summed E-state index contributed by atoms with van der Waals surface area (Å²) >= 11 is 11.8. The highest BCUT2D eigenvalue weighted by Crippen LogP contribution is 2.29. The first-order valence-electron chi connectivity index (χ1n) is 5.13. The van der Waals surface area contributed by atoms with Crippen LogP contribution in [0.2, 0.25) is 10.0 Å². The number of hydrogen-bond donors (Lipinski definition) is 1. The van der Waals surface area contributed by atoms with Crippen LogP contribution >= 0.6 is 23.2 Å². The van der Waals surface area contributed by atoms with Gasteiger partial charge >= 0.3 is 0 Å². The minimum atomic E-state index is -0.357. The molecule has 1 aromatic carbocycles. The first-order valence-corrected chi connectivity index (χ1v) is 5.88. The van der Waals surface area contributed by atoms with Gasteiger partial charge in [0.25, 0.3) is 5.91 Å². The van der Waals surface area contributed by atoms with E-state index in [1.54, 1.807) is 25.1 Å². The van der Waals surface area contributed by atoms with Crippen LogP contribution in [0.5, 0.6) is 0 Å². The third kappa shape index (κ3) is 2.78. The monoisotopic (exact) mass is 281 g/mol. The van der Waals surface area contributed by atoms with E-state index in [0.29, 0.717) is 21.6 Å². The normalized spacial score (nSPS) is 10.2. The van der Waals surface area contributed by atoms with Crippen LogP contribution in [0, 0.1) is 6.92 Å². The molecule has 1 N–H and O–H groups in total. The van der Waals surface area contributed by atoms with Crippen LogP contribution < -0.4 is 5.32 Å². The van der Waals surface area contributed by atoms with Gasteiger partial charge in [-0.15, -0.1) is 0 Å². The van der Waals surface area contributed by atoms with Crippen molar-refractivity contribution in [2.24, 2.45) is 0 Å². The van der Waals surface area contributed by atoms with E-state index < -0.39 is 0 Å². The Hall–Kier alpha value is -1.65. The fourth-order valence-corrected chi connectivity index (χ4v) is 1.72. The standard InChI is InChI=1S/C12H9Cl2N3O/c1-7-15-6-5-10(16-7)12(18)17-9-4-2-3-8(13)11(9)14/h2-6H,1H3,(H,17,18). The van der Waals surface area contributed by atoms with Crippen LogP contribution in [-0.2, 0) is 0 Å². The number of benzene rings is 1. The summed E-state index contributed by atoms with van der Waals surface area (Å²) in [6.07, 6.45) is 1.52. The maximum Gasteiger partial charge on any atom is 0.274 e. The van der Waals surface area contributed by atoms with Crippen molar-refractivity contribution in [3.05, 3.63) is 52.0 Å². The summed E-state index contributed by atoms with van der Waals surface area (Å²) in [4.78, 5) is 19.9. The van der Waals surface area contributed by atoms with Crippen molar-refractivity contribution in [3.63, 3.8) is 0 Å². The van der Waals surface area contributed by atoms with Gasteiger partial charge in [-0.25, -0.2) is 9.97 Å². The largest absolute Gasteiger partial charge is 0.319 e. The van der Waals surface area contributed by atoms with Gasteiger partial charge in [0.2, 0.25) is 0 Å². The fourth-order valence-electron chi connectivity index (χ4n) is 1.37. The van der Waals surface area contributed by atoms with Crippen LogP contribution in [-0.4, -0.2) is 15.9 Å². The van der Waals surface area contributed by atoms with Gasteiger partial charge < -0.3 is 5.32 Å². The third-order valence-electron chi connectivity index (χ3n) is 2.21. The lowest BCUT2D eigenvalue weighted by molar-refractivity contribution is 0.102. The Balaban J connectivity index is 2.24. The molecule has 1 aromatic heterocycles. The average molecular weight is 282 g/mol. The second-order valence-corrected chi connectivity index (χ2v) is 4.33. The molecule has 0 aliphatic rings. The molecule has 0 spiro atoms. The summed E-state index contributed by atoms with van der Waals surface area (Å²) in [5.41, 5.74) is 0.726. The quantitative estimate of drug-likeness (QED) is 0.919. The summed E-state index contributed by atoms with van der Waals surface area (Å²) in [7, 11) is 0. The van der Waals surface area contributed by atoms with Gasteiger partial charge in [0.05, 0.1) is 15.7 Å². The Morgan fingerprint density at radius 1 is 1.28 bits per heavy atom. The van der Waals surface area contributed by atoms with E-state index >= 15 is 0 Å². The van der Waals surface area contributed by atoms with Gasteiger partial charge in [-0.3, -0.25) is 4.79 Å². The summed E-state index contributed by atoms with van der Waals surface area (Å²) in [5, 5.41) is 3.34. The molecule has 0 bridgehead atoms. The summed E-state index contributed by atoms with van der Waals surface area (Å²) in [6, 6.07) is 6.55. The van der Waals surface area contributed by atoms with Crippen LogP contribution in [0.3, 0.4) is 0 Å². The number of halogens is 2. The van der Waals surface area contributed by atoms with Crippen molar-refractivity contribution in [2.45, 2.75) is 6.92 Å². The molecule has 92 valence electrons. The highest BCUT2D eigenvalue weighted by Gasteiger charge is 2.11. The predicted molar refractivity (Wildman–Crippen MR) is 71.2 cm³/mol. The molecule has 2 rings (SSSR count). The molecule has 18 heavy (non-hydrogen) atoms. The molecular formula is C12H9Cl2N3O. The molecule has 0 saturated carbocycles. The summed E-state index contributed by atoms with van der Waals surface area (Å²) in [5.74, 6) is 0.171. The fraction of sp³-hybridized carbons (Fsp3) is 0.0833. The molecule has 0 atom stereocenters. The van der Waals surface area contributed by atoms with Gasteiger partial charge in [0.15, 0.2) is 0 Å². The Bertz CT molecular complexity index is 602. The number of carbonyl (C=O) groups is 1. The number of hydrogen-bond acceptors (Lipinski definition) is 3. The molecule has 0 unspecified atom stereocenters. The van der Waals surface area contributed by atoms with Crippen molar-refractivity contribution < 1.29 is 4.79 Å². The van der Waals surface area contributed by atoms with E-state index in [9.17, 15) is 4.79 Å². The molecule has 0 radical (unpaired) electrons. The maximum atomic E-state index is 11.9. The smallest absolute Gasteiger partial charge is 0.274 e. The molecule has 1 heterocycles. The van der Waals surface area contributed by atoms with E-state index in [0.717, 1.165) is 0 Å².